The molecule has 7 nitrogen and oxygen atoms in total. The summed E-state index contributed by atoms with van der Waals surface area (Å²) in [6.45, 7) is 5.86. The number of aromatic nitrogens is 1. The number of rotatable bonds is 9. The molecule has 3 rings (SSSR count). The van der Waals surface area contributed by atoms with Gasteiger partial charge in [-0.1, -0.05) is 36.1 Å². The van der Waals surface area contributed by atoms with E-state index in [0.717, 1.165) is 25.7 Å². The summed E-state index contributed by atoms with van der Waals surface area (Å²) in [5, 5.41) is 12.6. The molecule has 1 aliphatic rings. The average Bonchev–Trinajstić information content (AvgIpc) is 3.21. The molecule has 0 bridgehead atoms. The number of carbonyl (C=O) groups excluding carboxylic acids is 1. The molecule has 2 aromatic rings. The first-order chi connectivity index (χ1) is 16.1. The van der Waals surface area contributed by atoms with Crippen LogP contribution in [-0.4, -0.2) is 51.4 Å². The number of nitrogens with one attached hydrogen (secondary N) is 1. The molecule has 34 heavy (non-hydrogen) atoms. The maximum atomic E-state index is 14.5. The van der Waals surface area contributed by atoms with Crippen LogP contribution < -0.4 is 10.1 Å². The first kappa shape index (κ1) is 26.3. The van der Waals surface area contributed by atoms with Gasteiger partial charge in [0.25, 0.3) is 0 Å². The Bertz CT molecular complexity index is 1010. The third kappa shape index (κ3) is 6.85. The van der Waals surface area contributed by atoms with Crippen molar-refractivity contribution in [2.45, 2.75) is 67.9 Å². The van der Waals surface area contributed by atoms with Crippen molar-refractivity contribution in [1.82, 2.24) is 9.88 Å². The number of amides is 2. The van der Waals surface area contributed by atoms with Gasteiger partial charge in [-0.3, -0.25) is 10.1 Å². The fourth-order valence-corrected chi connectivity index (χ4v) is 6.19. The van der Waals surface area contributed by atoms with Gasteiger partial charge in [-0.25, -0.2) is 14.2 Å². The fourth-order valence-electron chi connectivity index (χ4n) is 3.93. The largest absolute Gasteiger partial charge is 0.497 e. The normalized spacial score (nSPS) is 18.4. The quantitative estimate of drug-likeness (QED) is 0.409. The summed E-state index contributed by atoms with van der Waals surface area (Å²) in [5.74, 6) is -0.170. The molecule has 1 aliphatic carbocycles. The number of thioether (sulfide) groups is 1. The van der Waals surface area contributed by atoms with Gasteiger partial charge in [-0.15, -0.1) is 0 Å². The Morgan fingerprint density at radius 1 is 1.32 bits per heavy atom. The van der Waals surface area contributed by atoms with Gasteiger partial charge in [0.1, 0.15) is 16.3 Å². The van der Waals surface area contributed by atoms with E-state index in [1.54, 1.807) is 37.1 Å². The number of halogens is 1. The van der Waals surface area contributed by atoms with E-state index in [0.29, 0.717) is 39.5 Å². The lowest BCUT2D eigenvalue weighted by Crippen LogP contribution is -2.45. The van der Waals surface area contributed by atoms with Crippen molar-refractivity contribution in [1.29, 1.82) is 0 Å². The highest BCUT2D eigenvalue weighted by atomic mass is 32.2. The number of anilines is 1. The summed E-state index contributed by atoms with van der Waals surface area (Å²) in [4.78, 5) is 30.7. The van der Waals surface area contributed by atoms with Crippen molar-refractivity contribution >= 4 is 40.2 Å². The monoisotopic (exact) mass is 509 g/mol. The Kier molecular flexibility index (Phi) is 8.81. The van der Waals surface area contributed by atoms with Crippen molar-refractivity contribution in [3.8, 4) is 5.75 Å². The van der Waals surface area contributed by atoms with E-state index in [1.807, 2.05) is 0 Å². The van der Waals surface area contributed by atoms with E-state index in [4.69, 9.17) is 4.74 Å². The highest BCUT2D eigenvalue weighted by Crippen LogP contribution is 2.37. The first-order valence-corrected chi connectivity index (χ1v) is 13.0. The van der Waals surface area contributed by atoms with Crippen LogP contribution in [0.2, 0.25) is 0 Å². The van der Waals surface area contributed by atoms with Crippen LogP contribution in [0.5, 0.6) is 5.75 Å². The zero-order valence-electron chi connectivity index (χ0n) is 20.0. The minimum absolute atomic E-state index is 0.0808. The van der Waals surface area contributed by atoms with Gasteiger partial charge in [0.15, 0.2) is 5.13 Å². The summed E-state index contributed by atoms with van der Waals surface area (Å²) in [6.07, 6.45) is 5.88. The van der Waals surface area contributed by atoms with Crippen molar-refractivity contribution < 1.29 is 23.8 Å². The van der Waals surface area contributed by atoms with Crippen LogP contribution in [0.4, 0.5) is 14.3 Å². The molecule has 0 radical (unpaired) electrons. The van der Waals surface area contributed by atoms with Crippen molar-refractivity contribution in [2.75, 3.05) is 19.0 Å². The highest BCUT2D eigenvalue weighted by molar-refractivity contribution is 8.03. The van der Waals surface area contributed by atoms with Gasteiger partial charge in [0, 0.05) is 18.7 Å². The second-order valence-corrected chi connectivity index (χ2v) is 12.1. The molecular formula is C24H32FN3O4S2. The second kappa shape index (κ2) is 11.4. The van der Waals surface area contributed by atoms with Gasteiger partial charge in [0.05, 0.1) is 17.5 Å². The predicted octanol–water partition coefficient (Wildman–Crippen LogP) is 5.90. The summed E-state index contributed by atoms with van der Waals surface area (Å²) in [7, 11) is 1.50. The smallest absolute Gasteiger partial charge is 0.323 e. The number of hydrogen-bond acceptors (Lipinski definition) is 6. The third-order valence-corrected chi connectivity index (χ3v) is 8.34. The summed E-state index contributed by atoms with van der Waals surface area (Å²) in [5.41, 5.74) is 0.534. The molecule has 2 N–H and O–H groups in total. The number of carboxylic acid groups (broad SMARTS) is 1. The molecule has 1 saturated carbocycles. The van der Waals surface area contributed by atoms with E-state index in [1.165, 1.54) is 36.3 Å². The number of nitrogens with zero attached hydrogens (tertiary/aromatic N) is 2. The average molecular weight is 510 g/mol. The van der Waals surface area contributed by atoms with E-state index in [9.17, 15) is 19.1 Å². The molecule has 1 fully saturated rings. The Balaban J connectivity index is 1.70. The molecule has 1 aromatic carbocycles. The maximum Gasteiger partial charge on any atom is 0.323 e. The van der Waals surface area contributed by atoms with Gasteiger partial charge in [-0.2, -0.15) is 0 Å². The van der Waals surface area contributed by atoms with Crippen LogP contribution in [0.25, 0.3) is 0 Å². The van der Waals surface area contributed by atoms with Gasteiger partial charge >= 0.3 is 12.0 Å². The van der Waals surface area contributed by atoms with E-state index in [2.05, 4.69) is 17.2 Å². The first-order valence-electron chi connectivity index (χ1n) is 11.4. The maximum absolute atomic E-state index is 14.5. The van der Waals surface area contributed by atoms with Crippen LogP contribution in [0, 0.1) is 11.7 Å². The predicted molar refractivity (Wildman–Crippen MR) is 133 cm³/mol. The number of urea groups is 1. The van der Waals surface area contributed by atoms with Crippen molar-refractivity contribution in [3.05, 3.63) is 35.8 Å². The third-order valence-electron chi connectivity index (χ3n) is 6.14. The number of thiazole rings is 1. The van der Waals surface area contributed by atoms with Crippen LogP contribution in [0.3, 0.4) is 0 Å². The van der Waals surface area contributed by atoms with Gasteiger partial charge < -0.3 is 14.7 Å². The zero-order chi connectivity index (χ0) is 24.9. The molecule has 2 amide bonds. The number of carboxylic acids is 1. The minimum atomic E-state index is -0.999. The molecule has 0 aliphatic heterocycles. The molecule has 186 valence electrons. The molecule has 0 saturated heterocycles. The van der Waals surface area contributed by atoms with E-state index < -0.39 is 10.7 Å². The summed E-state index contributed by atoms with van der Waals surface area (Å²) >= 11 is 2.44. The Morgan fingerprint density at radius 2 is 2.03 bits per heavy atom. The fraction of sp³-hybridized carbons (Fsp3) is 0.542. The van der Waals surface area contributed by atoms with Crippen molar-refractivity contribution in [3.63, 3.8) is 0 Å². The standard InChI is InChI=1S/C24H32FN3O4S2/c1-15-5-8-17(9-6-15)28(12-11-16-7-10-18(32-4)13-19(16)25)23(31)27-22-26-14-20(33-22)34-24(2,3)21(29)30/h7,10,13-15,17H,5-6,8-9,11-12H2,1-4H3,(H,29,30)(H,26,27,31)/t15-,17-. The number of benzene rings is 1. The second-order valence-electron chi connectivity index (χ2n) is 9.15. The summed E-state index contributed by atoms with van der Waals surface area (Å²) < 4.78 is 19.3. The van der Waals surface area contributed by atoms with Crippen LogP contribution in [-0.2, 0) is 11.2 Å². The molecule has 0 spiro atoms. The topological polar surface area (TPSA) is 91.8 Å². The molecule has 1 heterocycles. The minimum Gasteiger partial charge on any atom is -0.497 e. The van der Waals surface area contributed by atoms with Crippen LogP contribution in [0.15, 0.2) is 28.6 Å². The molecule has 0 unspecified atom stereocenters. The number of carbonyl (C=O) groups is 2. The molecular weight excluding hydrogens is 477 g/mol. The Morgan fingerprint density at radius 3 is 2.65 bits per heavy atom. The van der Waals surface area contributed by atoms with Crippen LogP contribution >= 0.6 is 23.1 Å². The summed E-state index contributed by atoms with van der Waals surface area (Å²) in [6, 6.07) is 4.59. The van der Waals surface area contributed by atoms with Crippen molar-refractivity contribution in [2.24, 2.45) is 5.92 Å². The number of methoxy groups -OCH3 is 1. The number of hydrogen-bond donors (Lipinski definition) is 2. The molecule has 1 aromatic heterocycles. The van der Waals surface area contributed by atoms with E-state index >= 15 is 0 Å². The number of aliphatic carboxylic acids is 1. The number of ether oxygens (including phenoxy) is 1. The Labute approximate surface area is 208 Å². The molecule has 0 atom stereocenters. The lowest BCUT2D eigenvalue weighted by atomic mass is 9.86. The highest BCUT2D eigenvalue weighted by Gasteiger charge is 2.31. The Hall–Kier alpha value is -2.33. The zero-order valence-corrected chi connectivity index (χ0v) is 21.6. The SMILES string of the molecule is COc1ccc(CCN(C(=O)Nc2ncc(SC(C)(C)C(=O)O)s2)[C@H]2CC[C@H](C)CC2)c(F)c1. The lowest BCUT2D eigenvalue weighted by molar-refractivity contribution is -0.138. The van der Waals surface area contributed by atoms with Gasteiger partial charge in [0.2, 0.25) is 0 Å². The lowest BCUT2D eigenvalue weighted by Gasteiger charge is -2.36. The van der Waals surface area contributed by atoms with Crippen LogP contribution in [0.1, 0.15) is 52.0 Å². The van der Waals surface area contributed by atoms with Gasteiger partial charge in [-0.05, 0) is 63.5 Å². The van der Waals surface area contributed by atoms with E-state index in [-0.39, 0.29) is 17.9 Å². The molecule has 10 heteroatoms.